The minimum atomic E-state index is -1.62. The summed E-state index contributed by atoms with van der Waals surface area (Å²) in [4.78, 5) is 27.4. The Balaban J connectivity index is 1.33. The van der Waals surface area contributed by atoms with Crippen LogP contribution >= 0.6 is 0 Å². The predicted molar refractivity (Wildman–Crippen MR) is 146 cm³/mol. The monoisotopic (exact) mass is 593 g/mol. The lowest BCUT2D eigenvalue weighted by Gasteiger charge is -2.44. The van der Waals surface area contributed by atoms with Crippen molar-refractivity contribution in [3.05, 3.63) is 29.3 Å². The van der Waals surface area contributed by atoms with Gasteiger partial charge in [0, 0.05) is 6.54 Å². The van der Waals surface area contributed by atoms with Crippen LogP contribution in [0.5, 0.6) is 5.75 Å². The predicted octanol–water partition coefficient (Wildman–Crippen LogP) is 0.0452. The van der Waals surface area contributed by atoms with E-state index >= 15 is 0 Å². The number of hydrogen-bond acceptors (Lipinski definition) is 11. The van der Waals surface area contributed by atoms with Crippen molar-refractivity contribution in [1.29, 1.82) is 0 Å². The van der Waals surface area contributed by atoms with Crippen molar-refractivity contribution >= 4 is 11.8 Å². The molecule has 42 heavy (non-hydrogen) atoms. The Morgan fingerprint density at radius 2 is 1.62 bits per heavy atom. The number of carbonyl (C=O) groups excluding carboxylic acids is 2. The number of benzene rings is 1. The van der Waals surface area contributed by atoms with E-state index in [4.69, 9.17) is 18.9 Å². The Morgan fingerprint density at radius 1 is 0.905 bits per heavy atom. The van der Waals surface area contributed by atoms with Gasteiger partial charge >= 0.3 is 0 Å². The van der Waals surface area contributed by atoms with Gasteiger partial charge in [-0.25, -0.2) is 0 Å². The van der Waals surface area contributed by atoms with Gasteiger partial charge in [0.1, 0.15) is 36.3 Å². The maximum atomic E-state index is 13.0. The molecule has 5 N–H and O–H groups in total. The van der Waals surface area contributed by atoms with E-state index < -0.39 is 55.3 Å². The molecule has 234 valence electrons. The number of ether oxygens (including phenoxy) is 4. The number of aliphatic hydroxyl groups is 5. The molecule has 0 spiro atoms. The molecule has 4 aliphatic rings. The fourth-order valence-electron chi connectivity index (χ4n) is 7.12. The molecule has 3 heterocycles. The Hall–Kier alpha value is -2.16. The maximum Gasteiger partial charge on any atom is 0.233 e. The van der Waals surface area contributed by atoms with Crippen molar-refractivity contribution < 1.29 is 54.1 Å². The topological polar surface area (TPSA) is 175 Å². The van der Waals surface area contributed by atoms with Crippen LogP contribution in [0.4, 0.5) is 0 Å². The molecule has 2 amide bonds. The third kappa shape index (κ3) is 5.36. The second kappa shape index (κ2) is 12.1. The average molecular weight is 594 g/mol. The van der Waals surface area contributed by atoms with Gasteiger partial charge in [-0.15, -0.1) is 0 Å². The fraction of sp³-hybridized carbons (Fsp3) is 0.733. The number of imide groups is 1. The molecule has 14 atom stereocenters. The molecular formula is C30H43NO11. The molecule has 3 saturated heterocycles. The molecule has 12 heteroatoms. The number of carbonyl (C=O) groups is 2. The van der Waals surface area contributed by atoms with Crippen LogP contribution in [0.3, 0.4) is 0 Å². The van der Waals surface area contributed by atoms with Crippen LogP contribution in [0.25, 0.3) is 0 Å². The van der Waals surface area contributed by atoms with Gasteiger partial charge in [0.2, 0.25) is 18.1 Å². The first-order valence-electron chi connectivity index (χ1n) is 14.8. The van der Waals surface area contributed by atoms with Crippen LogP contribution in [-0.4, -0.2) is 111 Å². The number of likely N-dealkylation sites (tertiary alicyclic amines) is 1. The van der Waals surface area contributed by atoms with Gasteiger partial charge in [-0.2, -0.15) is 0 Å². The van der Waals surface area contributed by atoms with Crippen LogP contribution in [0.1, 0.15) is 51.2 Å². The highest BCUT2D eigenvalue weighted by Crippen LogP contribution is 2.51. The third-order valence-electron chi connectivity index (χ3n) is 9.85. The number of amides is 2. The third-order valence-corrected chi connectivity index (χ3v) is 9.85. The van der Waals surface area contributed by atoms with Gasteiger partial charge in [0.15, 0.2) is 12.4 Å². The van der Waals surface area contributed by atoms with E-state index in [9.17, 15) is 35.1 Å². The number of aliphatic hydroxyl groups excluding tert-OH is 5. The number of aryl methyl sites for hydroxylation is 1. The molecule has 0 bridgehead atoms. The standard InChI is InChI=1S/C30H43NO11/c1-6-31-27(37)19-10-18(13(3)14(4)21(19)28(31)38)17-8-7-16(9-12(17)2)41-30-26(23(34)20(32)11-39-30)42-29-25(36)24(35)22(33)15(5)40-29/h7-9,13-15,18-26,29-30,32-36H,6,10-11H2,1-5H3. The first-order valence-corrected chi connectivity index (χ1v) is 14.8. The van der Waals surface area contributed by atoms with Crippen molar-refractivity contribution in [2.24, 2.45) is 23.7 Å². The van der Waals surface area contributed by atoms with E-state index in [-0.39, 0.29) is 48.0 Å². The number of hydrogen-bond donors (Lipinski definition) is 5. The Labute approximate surface area is 245 Å². The second-order valence-corrected chi connectivity index (χ2v) is 12.3. The summed E-state index contributed by atoms with van der Waals surface area (Å²) in [6.45, 7) is 9.62. The van der Waals surface area contributed by atoms with Crippen LogP contribution in [-0.2, 0) is 23.8 Å². The number of nitrogens with zero attached hydrogens (tertiary/aromatic N) is 1. The molecule has 1 saturated carbocycles. The zero-order chi connectivity index (χ0) is 30.6. The van der Waals surface area contributed by atoms with Crippen molar-refractivity contribution in [3.8, 4) is 5.75 Å². The lowest BCUT2D eigenvalue weighted by Crippen LogP contribution is -2.62. The van der Waals surface area contributed by atoms with Crippen molar-refractivity contribution in [2.45, 2.75) is 102 Å². The molecule has 1 aromatic carbocycles. The molecule has 12 nitrogen and oxygen atoms in total. The summed E-state index contributed by atoms with van der Waals surface area (Å²) in [5, 5.41) is 51.5. The highest BCUT2D eigenvalue weighted by atomic mass is 16.7. The first kappa shape index (κ1) is 31.3. The van der Waals surface area contributed by atoms with E-state index in [1.165, 1.54) is 11.8 Å². The van der Waals surface area contributed by atoms with Gasteiger partial charge in [-0.05, 0) is 68.2 Å². The highest BCUT2D eigenvalue weighted by molar-refractivity contribution is 6.05. The van der Waals surface area contributed by atoms with Gasteiger partial charge < -0.3 is 44.5 Å². The second-order valence-electron chi connectivity index (χ2n) is 12.3. The lowest BCUT2D eigenvalue weighted by molar-refractivity contribution is -0.344. The fourth-order valence-corrected chi connectivity index (χ4v) is 7.12. The Kier molecular flexibility index (Phi) is 9.00. The molecule has 5 rings (SSSR count). The van der Waals surface area contributed by atoms with Gasteiger partial charge in [0.25, 0.3) is 0 Å². The number of fused-ring (bicyclic) bond motifs is 1. The molecular weight excluding hydrogens is 550 g/mol. The number of rotatable bonds is 6. The van der Waals surface area contributed by atoms with E-state index in [2.05, 4.69) is 13.8 Å². The zero-order valence-corrected chi connectivity index (χ0v) is 24.6. The van der Waals surface area contributed by atoms with Crippen LogP contribution in [0, 0.1) is 30.6 Å². The lowest BCUT2D eigenvalue weighted by atomic mass is 9.62. The molecule has 1 aromatic rings. The van der Waals surface area contributed by atoms with Crippen LogP contribution < -0.4 is 4.74 Å². The average Bonchev–Trinajstić information content (AvgIpc) is 3.20. The summed E-state index contributed by atoms with van der Waals surface area (Å²) in [5.41, 5.74) is 1.98. The van der Waals surface area contributed by atoms with E-state index in [1.807, 2.05) is 26.0 Å². The van der Waals surface area contributed by atoms with Gasteiger partial charge in [-0.1, -0.05) is 19.9 Å². The van der Waals surface area contributed by atoms with Crippen molar-refractivity contribution in [3.63, 3.8) is 0 Å². The molecule has 4 fully saturated rings. The molecule has 3 aliphatic heterocycles. The quantitative estimate of drug-likeness (QED) is 0.282. The van der Waals surface area contributed by atoms with Crippen LogP contribution in [0.15, 0.2) is 18.2 Å². The summed E-state index contributed by atoms with van der Waals surface area (Å²) in [6.07, 6.45) is -11.4. The smallest absolute Gasteiger partial charge is 0.233 e. The summed E-state index contributed by atoms with van der Waals surface area (Å²) in [7, 11) is 0. The minimum absolute atomic E-state index is 0.0400. The van der Waals surface area contributed by atoms with Gasteiger partial charge in [0.05, 0.1) is 24.5 Å². The highest BCUT2D eigenvalue weighted by Gasteiger charge is 2.55. The normalized spacial score (nSPS) is 44.3. The molecule has 0 aromatic heterocycles. The summed E-state index contributed by atoms with van der Waals surface area (Å²) in [5.74, 6) is -0.0782. The van der Waals surface area contributed by atoms with Gasteiger partial charge in [-0.3, -0.25) is 14.5 Å². The zero-order valence-electron chi connectivity index (χ0n) is 24.6. The molecule has 14 unspecified atom stereocenters. The van der Waals surface area contributed by atoms with Crippen molar-refractivity contribution in [2.75, 3.05) is 13.2 Å². The Morgan fingerprint density at radius 3 is 2.29 bits per heavy atom. The van der Waals surface area contributed by atoms with E-state index in [0.29, 0.717) is 18.7 Å². The van der Waals surface area contributed by atoms with E-state index in [0.717, 1.165) is 11.1 Å². The van der Waals surface area contributed by atoms with Crippen LogP contribution in [0.2, 0.25) is 0 Å². The molecule has 1 aliphatic carbocycles. The summed E-state index contributed by atoms with van der Waals surface area (Å²) in [6, 6.07) is 5.53. The van der Waals surface area contributed by atoms with E-state index in [1.54, 1.807) is 6.07 Å². The Bertz CT molecular complexity index is 1160. The summed E-state index contributed by atoms with van der Waals surface area (Å²) >= 11 is 0. The summed E-state index contributed by atoms with van der Waals surface area (Å²) < 4.78 is 23.0. The maximum absolute atomic E-state index is 13.0. The SMILES string of the molecule is CCN1C(=O)C2CC(c3ccc(OC4OCC(O)C(O)C4OC4OC(C)C(O)C(O)C4O)cc3C)C(C)C(C)C2C1=O. The molecule has 0 radical (unpaired) electrons. The first-order chi connectivity index (χ1) is 19.8. The minimum Gasteiger partial charge on any atom is -0.462 e. The largest absolute Gasteiger partial charge is 0.462 e. The van der Waals surface area contributed by atoms with Crippen molar-refractivity contribution in [1.82, 2.24) is 4.90 Å².